The molecule has 0 spiro atoms. The van der Waals surface area contributed by atoms with Gasteiger partial charge in [-0.2, -0.15) is 0 Å². The monoisotopic (exact) mass is 597 g/mol. The third-order valence-corrected chi connectivity index (χ3v) is 9.38. The summed E-state index contributed by atoms with van der Waals surface area (Å²) >= 11 is 8.06. The zero-order chi connectivity index (χ0) is 28.4. The number of Topliss-reactive ketones (excluding diaryl/α,β-unsaturated/α-hetero) is 1. The molecular weight excluding hydrogens is 558 g/mol. The Balaban J connectivity index is 0.00000387. The summed E-state index contributed by atoms with van der Waals surface area (Å²) in [6.45, 7) is 10.7. The maximum absolute atomic E-state index is 13.2. The van der Waals surface area contributed by atoms with Crippen LogP contribution in [-0.2, 0) is 17.8 Å². The minimum atomic E-state index is -0.745. The number of rotatable bonds is 8. The molecule has 41 heavy (non-hydrogen) atoms. The molecule has 1 aromatic carbocycles. The zero-order valence-corrected chi connectivity index (χ0v) is 24.9. The van der Waals surface area contributed by atoms with Gasteiger partial charge >= 0.3 is 5.97 Å². The Labute approximate surface area is 251 Å². The van der Waals surface area contributed by atoms with Crippen molar-refractivity contribution in [3.8, 4) is 11.3 Å². The van der Waals surface area contributed by atoms with Crippen LogP contribution in [0.1, 0.15) is 72.9 Å². The van der Waals surface area contributed by atoms with E-state index in [9.17, 15) is 14.7 Å². The summed E-state index contributed by atoms with van der Waals surface area (Å²) in [5.74, 6) is -0.516. The van der Waals surface area contributed by atoms with Crippen LogP contribution in [0.25, 0.3) is 11.3 Å². The molecule has 1 N–H and O–H groups in total. The van der Waals surface area contributed by atoms with Gasteiger partial charge in [-0.25, -0.2) is 15.0 Å². The third kappa shape index (κ3) is 7.50. The van der Waals surface area contributed by atoms with Gasteiger partial charge in [0.15, 0.2) is 5.78 Å². The van der Waals surface area contributed by atoms with Crippen LogP contribution in [0.2, 0.25) is 5.02 Å². The van der Waals surface area contributed by atoms with Gasteiger partial charge in [-0.1, -0.05) is 45.0 Å². The summed E-state index contributed by atoms with van der Waals surface area (Å²) in [6.07, 6.45) is 6.84. The molecule has 0 saturated carbocycles. The Hall–Kier alpha value is -2.88. The molecule has 0 bridgehead atoms. The van der Waals surface area contributed by atoms with Crippen molar-refractivity contribution < 1.29 is 14.7 Å². The first-order valence-electron chi connectivity index (χ1n) is 13.9. The molecule has 220 valence electrons. The van der Waals surface area contributed by atoms with Gasteiger partial charge in [0.25, 0.3) is 0 Å². The summed E-state index contributed by atoms with van der Waals surface area (Å²) in [5.41, 5.74) is 3.46. The number of thiazole rings is 1. The number of hydrogen-bond donors (Lipinski definition) is 1. The number of hydrogen-bond acceptors (Lipinski definition) is 8. The largest absolute Gasteiger partial charge is 0.481 e. The van der Waals surface area contributed by atoms with Gasteiger partial charge in [0.1, 0.15) is 16.5 Å². The number of nitrogens with zero attached hydrogens (tertiary/aromatic N) is 5. The van der Waals surface area contributed by atoms with E-state index < -0.39 is 5.97 Å². The van der Waals surface area contributed by atoms with E-state index in [1.807, 2.05) is 24.0 Å². The minimum absolute atomic E-state index is 0. The molecular formula is C31H40ClN5O3S. The quantitative estimate of drug-likeness (QED) is 0.292. The fourth-order valence-electron chi connectivity index (χ4n) is 5.64. The van der Waals surface area contributed by atoms with Crippen LogP contribution in [0.3, 0.4) is 0 Å². The van der Waals surface area contributed by atoms with Crippen molar-refractivity contribution >= 4 is 40.5 Å². The average Bonchev–Trinajstić information content (AvgIpc) is 3.31. The normalized spacial score (nSPS) is 17.7. The van der Waals surface area contributed by atoms with Gasteiger partial charge in [-0.3, -0.25) is 14.5 Å². The van der Waals surface area contributed by atoms with Crippen molar-refractivity contribution in [2.75, 3.05) is 31.1 Å². The van der Waals surface area contributed by atoms with Gasteiger partial charge in [0.2, 0.25) is 0 Å². The smallest absolute Gasteiger partial charge is 0.306 e. The van der Waals surface area contributed by atoms with E-state index in [1.54, 1.807) is 17.5 Å². The zero-order valence-electron chi connectivity index (χ0n) is 23.3. The van der Waals surface area contributed by atoms with Gasteiger partial charge in [-0.05, 0) is 56.2 Å². The van der Waals surface area contributed by atoms with Crippen molar-refractivity contribution in [1.29, 1.82) is 0 Å². The summed E-state index contributed by atoms with van der Waals surface area (Å²) in [7, 11) is 0. The lowest BCUT2D eigenvalue weighted by Crippen LogP contribution is -2.39. The van der Waals surface area contributed by atoms with Crippen molar-refractivity contribution in [2.45, 2.75) is 66.8 Å². The van der Waals surface area contributed by atoms with E-state index in [0.717, 1.165) is 46.3 Å². The highest BCUT2D eigenvalue weighted by Gasteiger charge is 2.28. The molecule has 2 saturated heterocycles. The predicted molar refractivity (Wildman–Crippen MR) is 165 cm³/mol. The van der Waals surface area contributed by atoms with E-state index in [2.05, 4.69) is 34.8 Å². The van der Waals surface area contributed by atoms with E-state index in [1.165, 1.54) is 19.0 Å². The number of carboxylic acids is 1. The molecule has 2 fully saturated rings. The maximum atomic E-state index is 13.2. The number of aliphatic carboxylic acids is 1. The van der Waals surface area contributed by atoms with E-state index in [-0.39, 0.29) is 31.0 Å². The molecule has 10 heteroatoms. The van der Waals surface area contributed by atoms with Crippen LogP contribution in [0, 0.1) is 18.3 Å². The molecule has 2 aromatic heterocycles. The highest BCUT2D eigenvalue weighted by Crippen LogP contribution is 2.35. The number of anilines is 1. The van der Waals surface area contributed by atoms with E-state index in [4.69, 9.17) is 16.6 Å². The number of aromatic nitrogens is 3. The number of halogens is 1. The summed E-state index contributed by atoms with van der Waals surface area (Å²) in [4.78, 5) is 43.9. The number of carboxylic acid groups (broad SMARTS) is 1. The highest BCUT2D eigenvalue weighted by atomic mass is 35.5. The Kier molecular flexibility index (Phi) is 9.82. The minimum Gasteiger partial charge on any atom is -0.481 e. The summed E-state index contributed by atoms with van der Waals surface area (Å²) in [6, 6.07) is 6.02. The first-order chi connectivity index (χ1) is 19.1. The van der Waals surface area contributed by atoms with Crippen molar-refractivity contribution in [1.82, 2.24) is 19.9 Å². The van der Waals surface area contributed by atoms with Crippen LogP contribution < -0.4 is 4.90 Å². The number of carbonyl (C=O) groups excluding carboxylic acids is 1. The van der Waals surface area contributed by atoms with E-state index >= 15 is 0 Å². The second-order valence-electron chi connectivity index (χ2n) is 11.8. The number of carbonyl (C=O) groups is 2. The van der Waals surface area contributed by atoms with Crippen LogP contribution in [-0.4, -0.2) is 62.9 Å². The van der Waals surface area contributed by atoms with Gasteiger partial charge < -0.3 is 10.0 Å². The Bertz CT molecular complexity index is 1380. The van der Waals surface area contributed by atoms with Gasteiger partial charge in [0.05, 0.1) is 30.4 Å². The lowest BCUT2D eigenvalue weighted by Gasteiger charge is -2.37. The SMILES string of the molecule is C.Cc1ccc(-c2nc(CC(=O)c3cnc(N4CCC(C(=O)O)CC4)cn3)sc2CN2CCCC(C)(C)C2)cc1Cl. The molecule has 0 radical (unpaired) electrons. The van der Waals surface area contributed by atoms with Crippen molar-refractivity contribution in [2.24, 2.45) is 11.3 Å². The topological polar surface area (TPSA) is 99.5 Å². The number of likely N-dealkylation sites (tertiary alicyclic amines) is 1. The molecule has 4 heterocycles. The van der Waals surface area contributed by atoms with Crippen LogP contribution in [0.4, 0.5) is 5.82 Å². The fraction of sp³-hybridized carbons (Fsp3) is 0.516. The molecule has 2 aliphatic heterocycles. The first kappa shape index (κ1) is 31.1. The second-order valence-corrected chi connectivity index (χ2v) is 13.4. The molecule has 8 nitrogen and oxygen atoms in total. The average molecular weight is 598 g/mol. The summed E-state index contributed by atoms with van der Waals surface area (Å²) in [5, 5.41) is 10.7. The lowest BCUT2D eigenvalue weighted by molar-refractivity contribution is -0.142. The number of ketones is 1. The maximum Gasteiger partial charge on any atom is 0.306 e. The molecule has 0 unspecified atom stereocenters. The Morgan fingerprint density at radius 3 is 2.54 bits per heavy atom. The number of benzene rings is 1. The highest BCUT2D eigenvalue weighted by molar-refractivity contribution is 7.12. The molecule has 2 aliphatic rings. The van der Waals surface area contributed by atoms with Crippen molar-refractivity contribution in [3.63, 3.8) is 0 Å². The summed E-state index contributed by atoms with van der Waals surface area (Å²) < 4.78 is 0. The van der Waals surface area contributed by atoms with Gasteiger partial charge in [0, 0.05) is 41.6 Å². The number of aryl methyl sites for hydroxylation is 1. The molecule has 0 amide bonds. The second kappa shape index (κ2) is 13.0. The molecule has 0 atom stereocenters. The molecule has 0 aliphatic carbocycles. The molecule has 5 rings (SSSR count). The van der Waals surface area contributed by atoms with E-state index in [0.29, 0.717) is 42.5 Å². The number of piperidine rings is 2. The first-order valence-corrected chi connectivity index (χ1v) is 15.1. The Morgan fingerprint density at radius 2 is 1.90 bits per heavy atom. The lowest BCUT2D eigenvalue weighted by atomic mass is 9.84. The third-order valence-electron chi connectivity index (χ3n) is 7.94. The van der Waals surface area contributed by atoms with Crippen LogP contribution in [0.15, 0.2) is 30.6 Å². The predicted octanol–water partition coefficient (Wildman–Crippen LogP) is 6.55. The Morgan fingerprint density at radius 1 is 1.15 bits per heavy atom. The fourth-order valence-corrected chi connectivity index (χ4v) is 6.96. The van der Waals surface area contributed by atoms with Gasteiger partial charge in [-0.15, -0.1) is 11.3 Å². The van der Waals surface area contributed by atoms with Crippen molar-refractivity contribution in [3.05, 3.63) is 56.8 Å². The molecule has 3 aromatic rings. The standard InChI is InChI=1S/C30H36ClN5O3S.CH4/c1-19-5-6-21(13-22(19)31)28-25(17-35-10-4-9-30(2,3)18-35)40-27(34-28)14-24(37)23-15-33-26(16-32-23)36-11-7-20(8-12-36)29(38)39;/h5-6,13,15-16,20H,4,7-12,14,17-18H2,1-3H3,(H,38,39);1H4. The van der Waals surface area contributed by atoms with Crippen LogP contribution >= 0.6 is 22.9 Å². The van der Waals surface area contributed by atoms with Crippen LogP contribution in [0.5, 0.6) is 0 Å².